The molecule has 5 heteroatoms. The van der Waals surface area contributed by atoms with Crippen LogP contribution in [-0.2, 0) is 9.53 Å². The Morgan fingerprint density at radius 3 is 3.33 bits per heavy atom. The molecular weight excluding hydrogens is 194 g/mol. The van der Waals surface area contributed by atoms with Crippen LogP contribution in [0.1, 0.15) is 25.7 Å². The van der Waals surface area contributed by atoms with Gasteiger partial charge in [-0.2, -0.15) is 5.10 Å². The molecule has 15 heavy (non-hydrogen) atoms. The Bertz CT molecular complexity index is 304. The number of rotatable bonds is 4. The molecule has 0 radical (unpaired) electrons. The van der Waals surface area contributed by atoms with Crippen LogP contribution in [0.25, 0.3) is 0 Å². The number of carbonyl (C=O) groups excluding carboxylic acids is 1. The van der Waals surface area contributed by atoms with E-state index in [1.54, 1.807) is 12.4 Å². The topological polar surface area (TPSA) is 67.0 Å². The molecule has 5 nitrogen and oxygen atoms in total. The van der Waals surface area contributed by atoms with Crippen LogP contribution in [0, 0.1) is 0 Å². The smallest absolute Gasteiger partial charge is 0.224 e. The van der Waals surface area contributed by atoms with E-state index in [1.165, 1.54) is 0 Å². The van der Waals surface area contributed by atoms with E-state index in [0.717, 1.165) is 25.9 Å². The van der Waals surface area contributed by atoms with Crippen molar-refractivity contribution < 1.29 is 9.53 Å². The highest BCUT2D eigenvalue weighted by molar-refractivity contribution is 5.90. The lowest BCUT2D eigenvalue weighted by Crippen LogP contribution is -2.14. The fraction of sp³-hybridized carbons (Fsp3) is 0.600. The van der Waals surface area contributed by atoms with Crippen LogP contribution in [0.5, 0.6) is 0 Å². The second-order valence-corrected chi connectivity index (χ2v) is 3.71. The first-order chi connectivity index (χ1) is 7.34. The Balaban J connectivity index is 1.68. The molecule has 1 amide bonds. The first kappa shape index (κ1) is 10.2. The van der Waals surface area contributed by atoms with E-state index in [2.05, 4.69) is 15.5 Å². The summed E-state index contributed by atoms with van der Waals surface area (Å²) in [5, 5.41) is 9.15. The van der Waals surface area contributed by atoms with Crippen molar-refractivity contribution in [2.75, 3.05) is 11.9 Å². The van der Waals surface area contributed by atoms with E-state index in [4.69, 9.17) is 4.74 Å². The highest BCUT2D eigenvalue weighted by atomic mass is 16.5. The number of ether oxygens (including phenoxy) is 1. The van der Waals surface area contributed by atoms with Gasteiger partial charge >= 0.3 is 0 Å². The zero-order chi connectivity index (χ0) is 10.5. The van der Waals surface area contributed by atoms with Crippen molar-refractivity contribution in [2.45, 2.75) is 31.8 Å². The van der Waals surface area contributed by atoms with Crippen LogP contribution in [0.2, 0.25) is 0 Å². The van der Waals surface area contributed by atoms with Crippen LogP contribution in [0.4, 0.5) is 5.69 Å². The van der Waals surface area contributed by atoms with Crippen molar-refractivity contribution in [3.05, 3.63) is 12.4 Å². The summed E-state index contributed by atoms with van der Waals surface area (Å²) >= 11 is 0. The molecule has 1 aliphatic rings. The molecule has 1 fully saturated rings. The molecule has 2 N–H and O–H groups in total. The molecule has 2 heterocycles. The van der Waals surface area contributed by atoms with Gasteiger partial charge in [0.2, 0.25) is 5.91 Å². The number of amides is 1. The largest absolute Gasteiger partial charge is 0.378 e. The molecule has 1 aliphatic heterocycles. The van der Waals surface area contributed by atoms with Crippen molar-refractivity contribution in [3.63, 3.8) is 0 Å². The monoisotopic (exact) mass is 209 g/mol. The highest BCUT2D eigenvalue weighted by Gasteiger charge is 2.16. The number of hydrogen-bond acceptors (Lipinski definition) is 3. The lowest BCUT2D eigenvalue weighted by molar-refractivity contribution is -0.116. The van der Waals surface area contributed by atoms with Gasteiger partial charge in [0.05, 0.1) is 18.0 Å². The van der Waals surface area contributed by atoms with Crippen LogP contribution >= 0.6 is 0 Å². The minimum atomic E-state index is 0.0203. The van der Waals surface area contributed by atoms with Crippen LogP contribution in [0.3, 0.4) is 0 Å². The fourth-order valence-electron chi connectivity index (χ4n) is 1.71. The van der Waals surface area contributed by atoms with Gasteiger partial charge in [0.25, 0.3) is 0 Å². The first-order valence-corrected chi connectivity index (χ1v) is 5.25. The lowest BCUT2D eigenvalue weighted by Gasteiger charge is -2.08. The molecule has 2 rings (SSSR count). The highest BCUT2D eigenvalue weighted by Crippen LogP contribution is 2.17. The molecule has 1 aromatic heterocycles. The summed E-state index contributed by atoms with van der Waals surface area (Å²) in [6, 6.07) is 0. The van der Waals surface area contributed by atoms with Crippen LogP contribution < -0.4 is 5.32 Å². The number of nitrogens with one attached hydrogen (secondary N) is 2. The number of carbonyl (C=O) groups is 1. The zero-order valence-electron chi connectivity index (χ0n) is 8.53. The zero-order valence-corrected chi connectivity index (χ0v) is 8.53. The summed E-state index contributed by atoms with van der Waals surface area (Å²) in [4.78, 5) is 11.5. The maximum absolute atomic E-state index is 11.5. The Labute approximate surface area is 88.2 Å². The number of nitrogens with zero attached hydrogens (tertiary/aromatic N) is 1. The Kier molecular flexibility index (Phi) is 3.34. The number of anilines is 1. The summed E-state index contributed by atoms with van der Waals surface area (Å²) in [6.45, 7) is 0.841. The third-order valence-electron chi connectivity index (χ3n) is 2.50. The molecule has 0 aliphatic carbocycles. The maximum Gasteiger partial charge on any atom is 0.224 e. The number of H-pyrrole nitrogens is 1. The SMILES string of the molecule is O=C(CCC1CCCO1)Nc1cn[nH]c1. The van der Waals surface area contributed by atoms with Gasteiger partial charge in [0.1, 0.15) is 0 Å². The van der Waals surface area contributed by atoms with Crippen molar-refractivity contribution in [1.82, 2.24) is 10.2 Å². The molecule has 1 aromatic rings. The Morgan fingerprint density at radius 2 is 2.67 bits per heavy atom. The summed E-state index contributed by atoms with van der Waals surface area (Å²) in [5.41, 5.74) is 0.715. The van der Waals surface area contributed by atoms with Gasteiger partial charge in [-0.15, -0.1) is 0 Å². The maximum atomic E-state index is 11.5. The van der Waals surface area contributed by atoms with Gasteiger partial charge in [-0.25, -0.2) is 0 Å². The molecule has 1 unspecified atom stereocenters. The van der Waals surface area contributed by atoms with Crippen LogP contribution in [0.15, 0.2) is 12.4 Å². The molecule has 0 aromatic carbocycles. The Hall–Kier alpha value is -1.36. The standard InChI is InChI=1S/C10H15N3O2/c14-10(13-8-6-11-12-7-8)4-3-9-2-1-5-15-9/h6-7,9H,1-5H2,(H,11,12)(H,13,14). The lowest BCUT2D eigenvalue weighted by atomic mass is 10.1. The van der Waals surface area contributed by atoms with E-state index in [0.29, 0.717) is 12.1 Å². The summed E-state index contributed by atoms with van der Waals surface area (Å²) in [6.07, 6.45) is 7.04. The van der Waals surface area contributed by atoms with Gasteiger partial charge in [0, 0.05) is 19.2 Å². The number of hydrogen-bond donors (Lipinski definition) is 2. The number of aromatic amines is 1. The Morgan fingerprint density at radius 1 is 1.73 bits per heavy atom. The molecule has 1 saturated heterocycles. The van der Waals surface area contributed by atoms with Crippen molar-refractivity contribution >= 4 is 11.6 Å². The predicted octanol–water partition coefficient (Wildman–Crippen LogP) is 1.31. The third-order valence-corrected chi connectivity index (χ3v) is 2.50. The van der Waals surface area contributed by atoms with Crippen LogP contribution in [-0.4, -0.2) is 28.8 Å². The average Bonchev–Trinajstić information content (AvgIpc) is 2.86. The molecule has 82 valence electrons. The second kappa shape index (κ2) is 4.93. The normalized spacial score (nSPS) is 20.4. The minimum absolute atomic E-state index is 0.0203. The molecular formula is C10H15N3O2. The van der Waals surface area contributed by atoms with Gasteiger partial charge in [-0.05, 0) is 19.3 Å². The first-order valence-electron chi connectivity index (χ1n) is 5.25. The minimum Gasteiger partial charge on any atom is -0.378 e. The third kappa shape index (κ3) is 3.06. The molecule has 1 atom stereocenters. The second-order valence-electron chi connectivity index (χ2n) is 3.71. The molecule has 0 spiro atoms. The quantitative estimate of drug-likeness (QED) is 0.785. The van der Waals surface area contributed by atoms with E-state index < -0.39 is 0 Å². The van der Waals surface area contributed by atoms with Gasteiger partial charge in [0.15, 0.2) is 0 Å². The van der Waals surface area contributed by atoms with Crippen molar-refractivity contribution in [3.8, 4) is 0 Å². The summed E-state index contributed by atoms with van der Waals surface area (Å²) in [7, 11) is 0. The van der Waals surface area contributed by atoms with E-state index in [1.807, 2.05) is 0 Å². The van der Waals surface area contributed by atoms with Gasteiger partial charge in [-0.3, -0.25) is 9.89 Å². The average molecular weight is 209 g/mol. The van der Waals surface area contributed by atoms with Gasteiger partial charge < -0.3 is 10.1 Å². The summed E-state index contributed by atoms with van der Waals surface area (Å²) < 4.78 is 5.44. The van der Waals surface area contributed by atoms with Crippen molar-refractivity contribution in [2.24, 2.45) is 0 Å². The fourth-order valence-corrected chi connectivity index (χ4v) is 1.71. The van der Waals surface area contributed by atoms with E-state index in [9.17, 15) is 4.79 Å². The molecule has 0 saturated carbocycles. The predicted molar refractivity (Wildman–Crippen MR) is 55.4 cm³/mol. The molecule has 0 bridgehead atoms. The van der Waals surface area contributed by atoms with Gasteiger partial charge in [-0.1, -0.05) is 0 Å². The van der Waals surface area contributed by atoms with E-state index in [-0.39, 0.29) is 12.0 Å². The van der Waals surface area contributed by atoms with E-state index >= 15 is 0 Å². The number of aromatic nitrogens is 2. The van der Waals surface area contributed by atoms with Crippen molar-refractivity contribution in [1.29, 1.82) is 0 Å². The summed E-state index contributed by atoms with van der Waals surface area (Å²) in [5.74, 6) is 0.0203.